The normalized spacial score (nSPS) is 23.4. The molecule has 19 heavy (non-hydrogen) atoms. The summed E-state index contributed by atoms with van der Waals surface area (Å²) in [4.78, 5) is 27.5. The fourth-order valence-electron chi connectivity index (χ4n) is 2.07. The van der Waals surface area contributed by atoms with Gasteiger partial charge in [0.2, 0.25) is 5.91 Å². The maximum atomic E-state index is 12.2. The Bertz CT molecular complexity index is 500. The Labute approximate surface area is 116 Å². The van der Waals surface area contributed by atoms with E-state index in [4.69, 9.17) is 10.5 Å². The molecule has 104 valence electrons. The summed E-state index contributed by atoms with van der Waals surface area (Å²) in [5.41, 5.74) is 4.25. The average molecular weight is 282 g/mol. The number of nitrogens with two attached hydrogens (primary N) is 1. The number of carbonyl (C=O) groups excluding carboxylic acids is 2. The lowest BCUT2D eigenvalue weighted by molar-refractivity contribution is -0.160. The Balaban J connectivity index is 2.01. The quantitative estimate of drug-likeness (QED) is 0.887. The molecule has 1 fully saturated rings. The van der Waals surface area contributed by atoms with E-state index in [1.165, 1.54) is 4.88 Å². The van der Waals surface area contributed by atoms with Gasteiger partial charge in [-0.3, -0.25) is 9.59 Å². The maximum Gasteiger partial charge on any atom is 0.251 e. The molecule has 1 saturated heterocycles. The van der Waals surface area contributed by atoms with Crippen molar-refractivity contribution in [3.8, 4) is 0 Å². The summed E-state index contributed by atoms with van der Waals surface area (Å²) in [5.74, 6) is -0.519. The molecule has 6 heteroatoms. The van der Waals surface area contributed by atoms with Crippen LogP contribution in [0.1, 0.15) is 16.7 Å². The number of ether oxygens (including phenoxy) is 1. The van der Waals surface area contributed by atoms with Gasteiger partial charge in [-0.25, -0.2) is 0 Å². The Morgan fingerprint density at radius 3 is 2.84 bits per heavy atom. The number of thiophene rings is 1. The predicted molar refractivity (Wildman–Crippen MR) is 72.9 cm³/mol. The minimum Gasteiger partial charge on any atom is -0.367 e. The lowest BCUT2D eigenvalue weighted by Crippen LogP contribution is -2.58. The van der Waals surface area contributed by atoms with E-state index in [1.54, 1.807) is 23.2 Å². The highest BCUT2D eigenvalue weighted by atomic mass is 32.1. The van der Waals surface area contributed by atoms with Crippen molar-refractivity contribution in [1.82, 2.24) is 4.90 Å². The number of amides is 2. The summed E-state index contributed by atoms with van der Waals surface area (Å²) < 4.78 is 5.40. The van der Waals surface area contributed by atoms with Crippen LogP contribution in [0.4, 0.5) is 0 Å². The Hall–Kier alpha value is -1.40. The van der Waals surface area contributed by atoms with Gasteiger partial charge in [-0.1, -0.05) is 0 Å². The van der Waals surface area contributed by atoms with Gasteiger partial charge in [0.15, 0.2) is 5.60 Å². The molecule has 1 aliphatic rings. The number of nitrogens with zero attached hydrogens (tertiary/aromatic N) is 1. The first-order valence-corrected chi connectivity index (χ1v) is 6.99. The van der Waals surface area contributed by atoms with E-state index in [-0.39, 0.29) is 12.5 Å². The Morgan fingerprint density at radius 2 is 2.26 bits per heavy atom. The minimum absolute atomic E-state index is 0.0117. The van der Waals surface area contributed by atoms with Gasteiger partial charge < -0.3 is 15.4 Å². The van der Waals surface area contributed by atoms with Crippen LogP contribution in [-0.4, -0.2) is 42.0 Å². The number of rotatable bonds is 3. The molecule has 5 nitrogen and oxygen atoms in total. The number of carbonyl (C=O) groups is 2. The summed E-state index contributed by atoms with van der Waals surface area (Å²) in [7, 11) is 0. The topological polar surface area (TPSA) is 72.6 Å². The third-order valence-electron chi connectivity index (χ3n) is 3.27. The minimum atomic E-state index is -1.07. The Kier molecular flexibility index (Phi) is 3.91. The first-order chi connectivity index (χ1) is 8.90. The third-order valence-corrected chi connectivity index (χ3v) is 4.27. The molecule has 0 unspecified atom stereocenters. The second kappa shape index (κ2) is 5.30. The van der Waals surface area contributed by atoms with Crippen LogP contribution in [0, 0.1) is 6.92 Å². The van der Waals surface area contributed by atoms with Gasteiger partial charge in [-0.2, -0.15) is 0 Å². The van der Waals surface area contributed by atoms with Crippen LogP contribution in [0.5, 0.6) is 0 Å². The first-order valence-electron chi connectivity index (χ1n) is 6.18. The summed E-state index contributed by atoms with van der Waals surface area (Å²) in [6.07, 6.45) is 0.368. The summed E-state index contributed by atoms with van der Waals surface area (Å²) in [6, 6.07) is 3.96. The van der Waals surface area contributed by atoms with Crippen LogP contribution in [0.25, 0.3) is 0 Å². The molecule has 2 N–H and O–H groups in total. The van der Waals surface area contributed by atoms with Gasteiger partial charge in [-0.15, -0.1) is 11.3 Å². The molecule has 0 aromatic carbocycles. The molecular weight excluding hydrogens is 264 g/mol. The molecule has 0 saturated carbocycles. The van der Waals surface area contributed by atoms with Crippen molar-refractivity contribution in [2.75, 3.05) is 19.7 Å². The van der Waals surface area contributed by atoms with E-state index in [0.717, 1.165) is 4.88 Å². The van der Waals surface area contributed by atoms with Crippen LogP contribution >= 0.6 is 11.3 Å². The highest BCUT2D eigenvalue weighted by Crippen LogP contribution is 2.20. The summed E-state index contributed by atoms with van der Waals surface area (Å²) in [6.45, 7) is 4.72. The van der Waals surface area contributed by atoms with Crippen LogP contribution in [0.15, 0.2) is 12.1 Å². The smallest absolute Gasteiger partial charge is 0.251 e. The van der Waals surface area contributed by atoms with Crippen LogP contribution in [0.3, 0.4) is 0 Å². The van der Waals surface area contributed by atoms with Crippen LogP contribution in [-0.2, 0) is 20.7 Å². The van der Waals surface area contributed by atoms with Gasteiger partial charge in [0, 0.05) is 16.3 Å². The van der Waals surface area contributed by atoms with E-state index in [0.29, 0.717) is 19.6 Å². The Morgan fingerprint density at radius 1 is 1.53 bits per heavy atom. The van der Waals surface area contributed by atoms with Crippen molar-refractivity contribution < 1.29 is 14.3 Å². The van der Waals surface area contributed by atoms with E-state index < -0.39 is 11.5 Å². The van der Waals surface area contributed by atoms with Crippen molar-refractivity contribution in [2.45, 2.75) is 25.9 Å². The van der Waals surface area contributed by atoms with Gasteiger partial charge in [0.1, 0.15) is 0 Å². The largest absolute Gasteiger partial charge is 0.367 e. The van der Waals surface area contributed by atoms with Crippen LogP contribution < -0.4 is 5.73 Å². The molecule has 1 atom stereocenters. The number of primary amides is 1. The van der Waals surface area contributed by atoms with E-state index >= 15 is 0 Å². The molecule has 1 aromatic heterocycles. The molecular formula is C13H18N2O3S. The molecule has 0 bridgehead atoms. The molecule has 1 aromatic rings. The molecule has 0 radical (unpaired) electrons. The molecule has 2 heterocycles. The number of hydrogen-bond acceptors (Lipinski definition) is 4. The highest BCUT2D eigenvalue weighted by molar-refractivity contribution is 7.12. The molecule has 0 spiro atoms. The zero-order valence-electron chi connectivity index (χ0n) is 11.1. The van der Waals surface area contributed by atoms with Crippen molar-refractivity contribution in [2.24, 2.45) is 5.73 Å². The standard InChI is InChI=1S/C13H18N2O3S/c1-9-3-4-10(19-9)7-11(16)15-5-6-18-13(2,8-15)12(14)17/h3-4H,5-8H2,1-2H3,(H2,14,17)/t13-/m1/s1. The number of aryl methyl sites for hydroxylation is 1. The molecule has 0 aliphatic carbocycles. The van der Waals surface area contributed by atoms with Crippen molar-refractivity contribution >= 4 is 23.2 Å². The fourth-order valence-corrected chi connectivity index (χ4v) is 2.95. The van der Waals surface area contributed by atoms with Crippen molar-refractivity contribution in [3.63, 3.8) is 0 Å². The highest BCUT2D eigenvalue weighted by Gasteiger charge is 2.39. The van der Waals surface area contributed by atoms with E-state index in [1.807, 2.05) is 19.1 Å². The van der Waals surface area contributed by atoms with Crippen molar-refractivity contribution in [3.05, 3.63) is 21.9 Å². The second-order valence-electron chi connectivity index (χ2n) is 4.95. The SMILES string of the molecule is Cc1ccc(CC(=O)N2CCO[C@@](C)(C(N)=O)C2)s1. The number of hydrogen-bond donors (Lipinski definition) is 1. The third kappa shape index (κ3) is 3.13. The zero-order valence-corrected chi connectivity index (χ0v) is 12.0. The molecule has 2 amide bonds. The van der Waals surface area contributed by atoms with E-state index in [2.05, 4.69) is 0 Å². The zero-order chi connectivity index (χ0) is 14.0. The van der Waals surface area contributed by atoms with Crippen LogP contribution in [0.2, 0.25) is 0 Å². The van der Waals surface area contributed by atoms with Gasteiger partial charge in [0.05, 0.1) is 19.6 Å². The first kappa shape index (κ1) is 14.0. The molecule has 1 aliphatic heterocycles. The summed E-state index contributed by atoms with van der Waals surface area (Å²) >= 11 is 1.62. The predicted octanol–water partition coefficient (Wildman–Crippen LogP) is 0.702. The van der Waals surface area contributed by atoms with Crippen molar-refractivity contribution in [1.29, 1.82) is 0 Å². The average Bonchev–Trinajstić information content (AvgIpc) is 2.74. The van der Waals surface area contributed by atoms with E-state index in [9.17, 15) is 9.59 Å². The lowest BCUT2D eigenvalue weighted by Gasteiger charge is -2.38. The number of morpholine rings is 1. The monoisotopic (exact) mass is 282 g/mol. The second-order valence-corrected chi connectivity index (χ2v) is 6.32. The molecule has 2 rings (SSSR count). The summed E-state index contributed by atoms with van der Waals surface area (Å²) in [5, 5.41) is 0. The van der Waals surface area contributed by atoms with Gasteiger partial charge in [0.25, 0.3) is 5.91 Å². The lowest BCUT2D eigenvalue weighted by atomic mass is 10.0. The van der Waals surface area contributed by atoms with Gasteiger partial charge in [-0.05, 0) is 26.0 Å². The maximum absolute atomic E-state index is 12.2. The van der Waals surface area contributed by atoms with Gasteiger partial charge >= 0.3 is 0 Å². The fraction of sp³-hybridized carbons (Fsp3) is 0.538.